The number of carbonyl (C=O) groups excluding carboxylic acids is 1. The third-order valence-electron chi connectivity index (χ3n) is 4.20. The van der Waals surface area contributed by atoms with Gasteiger partial charge in [0.1, 0.15) is 12.1 Å². The lowest BCUT2D eigenvalue weighted by molar-refractivity contribution is -0.120. The van der Waals surface area contributed by atoms with Gasteiger partial charge in [0, 0.05) is 18.9 Å². The van der Waals surface area contributed by atoms with Crippen LogP contribution in [0.5, 0.6) is 5.75 Å². The van der Waals surface area contributed by atoms with Crippen molar-refractivity contribution in [1.29, 1.82) is 0 Å². The van der Waals surface area contributed by atoms with Crippen LogP contribution in [0.25, 0.3) is 0 Å². The number of carbonyl (C=O) groups is 1. The van der Waals surface area contributed by atoms with Gasteiger partial charge in [0.2, 0.25) is 5.91 Å². The summed E-state index contributed by atoms with van der Waals surface area (Å²) in [5.41, 5.74) is 1.94. The Morgan fingerprint density at radius 1 is 1.24 bits per heavy atom. The van der Waals surface area contributed by atoms with Gasteiger partial charge in [0.05, 0.1) is 19.6 Å². The average molecular weight is 342 g/mol. The molecule has 1 N–H and O–H groups in total. The molecule has 0 radical (unpaired) electrons. The van der Waals surface area contributed by atoms with Crippen molar-refractivity contribution in [2.75, 3.05) is 26.7 Å². The van der Waals surface area contributed by atoms with E-state index in [9.17, 15) is 4.79 Å². The summed E-state index contributed by atoms with van der Waals surface area (Å²) in [5.74, 6) is 0.789. The third kappa shape index (κ3) is 5.53. The molecule has 2 rings (SSSR count). The molecule has 6 nitrogen and oxygen atoms in total. The van der Waals surface area contributed by atoms with Crippen molar-refractivity contribution in [2.24, 2.45) is 0 Å². The van der Waals surface area contributed by atoms with Crippen LogP contribution >= 0.6 is 0 Å². The van der Waals surface area contributed by atoms with Crippen LogP contribution in [0, 0.1) is 0 Å². The number of amides is 1. The fourth-order valence-corrected chi connectivity index (χ4v) is 2.85. The zero-order valence-electron chi connectivity index (χ0n) is 15.1. The molecule has 0 aliphatic rings. The second-order valence-electron chi connectivity index (χ2n) is 5.74. The Morgan fingerprint density at radius 3 is 2.60 bits per heavy atom. The fraction of sp³-hybridized carbons (Fsp3) is 0.421. The van der Waals surface area contributed by atoms with Crippen molar-refractivity contribution >= 4 is 5.91 Å². The Labute approximate surface area is 149 Å². The molecule has 0 bridgehead atoms. The van der Waals surface area contributed by atoms with E-state index >= 15 is 0 Å². The van der Waals surface area contributed by atoms with Gasteiger partial charge < -0.3 is 10.1 Å². The topological polar surface area (TPSA) is 67.4 Å². The number of aromatic nitrogens is 2. The van der Waals surface area contributed by atoms with Crippen LogP contribution in [0.1, 0.15) is 31.0 Å². The van der Waals surface area contributed by atoms with Crippen molar-refractivity contribution < 1.29 is 9.53 Å². The number of nitrogens with one attached hydrogen (secondary N) is 1. The molecule has 0 fully saturated rings. The normalized spacial score (nSPS) is 12.0. The summed E-state index contributed by atoms with van der Waals surface area (Å²) in [6, 6.07) is 8.11. The summed E-state index contributed by atoms with van der Waals surface area (Å²) < 4.78 is 5.34. The van der Waals surface area contributed by atoms with E-state index in [1.165, 1.54) is 6.33 Å². The zero-order chi connectivity index (χ0) is 18.1. The van der Waals surface area contributed by atoms with Crippen LogP contribution in [-0.4, -0.2) is 47.5 Å². The van der Waals surface area contributed by atoms with Crippen LogP contribution < -0.4 is 10.1 Å². The lowest BCUT2D eigenvalue weighted by Crippen LogP contribution is -2.38. The Morgan fingerprint density at radius 2 is 1.96 bits per heavy atom. The molecule has 6 heteroatoms. The van der Waals surface area contributed by atoms with Gasteiger partial charge in [-0.25, -0.2) is 9.97 Å². The molecule has 134 valence electrons. The van der Waals surface area contributed by atoms with Crippen LogP contribution in [0.15, 0.2) is 43.0 Å². The van der Waals surface area contributed by atoms with Gasteiger partial charge >= 0.3 is 0 Å². The van der Waals surface area contributed by atoms with Gasteiger partial charge in [-0.1, -0.05) is 26.0 Å². The molecular formula is C19H26N4O2. The number of methoxy groups -OCH3 is 1. The van der Waals surface area contributed by atoms with Crippen LogP contribution in [0.4, 0.5) is 0 Å². The summed E-state index contributed by atoms with van der Waals surface area (Å²) in [4.78, 5) is 22.5. The first-order valence-electron chi connectivity index (χ1n) is 8.56. The Hall–Kier alpha value is -2.47. The molecule has 0 unspecified atom stereocenters. The third-order valence-corrected chi connectivity index (χ3v) is 4.20. The summed E-state index contributed by atoms with van der Waals surface area (Å²) in [6.45, 7) is 6.60. The highest BCUT2D eigenvalue weighted by Crippen LogP contribution is 2.23. The molecule has 0 aliphatic heterocycles. The minimum absolute atomic E-state index is 0.0325. The molecule has 1 aromatic heterocycles. The molecule has 1 atom stereocenters. The maximum absolute atomic E-state index is 12.3. The monoisotopic (exact) mass is 342 g/mol. The van der Waals surface area contributed by atoms with E-state index in [0.717, 1.165) is 30.0 Å². The number of rotatable bonds is 9. The van der Waals surface area contributed by atoms with E-state index in [-0.39, 0.29) is 18.4 Å². The maximum atomic E-state index is 12.3. The van der Waals surface area contributed by atoms with Crippen LogP contribution in [-0.2, 0) is 11.2 Å². The summed E-state index contributed by atoms with van der Waals surface area (Å²) >= 11 is 0. The van der Waals surface area contributed by atoms with Crippen molar-refractivity contribution in [3.05, 3.63) is 54.1 Å². The van der Waals surface area contributed by atoms with Crippen molar-refractivity contribution in [2.45, 2.75) is 26.3 Å². The highest BCUT2D eigenvalue weighted by molar-refractivity contribution is 5.78. The Bertz CT molecular complexity index is 659. The summed E-state index contributed by atoms with van der Waals surface area (Å²) in [5, 5.41) is 3.04. The fourth-order valence-electron chi connectivity index (χ4n) is 2.85. The lowest BCUT2D eigenvalue weighted by Gasteiger charge is -2.30. The van der Waals surface area contributed by atoms with Gasteiger partial charge in [0.25, 0.3) is 0 Å². The Balaban J connectivity index is 2.06. The predicted octanol–water partition coefficient (Wildman–Crippen LogP) is 2.23. The van der Waals surface area contributed by atoms with E-state index in [0.29, 0.717) is 6.54 Å². The first kappa shape index (κ1) is 18.9. The SMILES string of the molecule is CCN(CC)[C@H](CNC(=O)Cc1cncnc1)c1cccc(OC)c1. The number of likely N-dealkylation sites (N-methyl/N-ethyl adjacent to an activating group) is 1. The van der Waals surface area contributed by atoms with Crippen LogP contribution in [0.2, 0.25) is 0 Å². The second-order valence-corrected chi connectivity index (χ2v) is 5.74. The number of ether oxygens (including phenoxy) is 1. The molecular weight excluding hydrogens is 316 g/mol. The van der Waals surface area contributed by atoms with Gasteiger partial charge in [0.15, 0.2) is 0 Å². The first-order chi connectivity index (χ1) is 12.2. The predicted molar refractivity (Wildman–Crippen MR) is 97.4 cm³/mol. The molecule has 25 heavy (non-hydrogen) atoms. The first-order valence-corrected chi connectivity index (χ1v) is 8.56. The quantitative estimate of drug-likeness (QED) is 0.757. The molecule has 1 amide bonds. The molecule has 0 aliphatic carbocycles. The van der Waals surface area contributed by atoms with E-state index < -0.39 is 0 Å². The number of nitrogens with zero attached hydrogens (tertiary/aromatic N) is 3. The van der Waals surface area contributed by atoms with Crippen molar-refractivity contribution in [1.82, 2.24) is 20.2 Å². The van der Waals surface area contributed by atoms with Gasteiger partial charge in [-0.2, -0.15) is 0 Å². The van der Waals surface area contributed by atoms with Crippen LogP contribution in [0.3, 0.4) is 0 Å². The molecule has 0 spiro atoms. The molecule has 1 heterocycles. The van der Waals surface area contributed by atoms with Gasteiger partial charge in [-0.15, -0.1) is 0 Å². The minimum atomic E-state index is -0.0325. The molecule has 1 aromatic carbocycles. The molecule has 0 saturated heterocycles. The molecule has 2 aromatic rings. The maximum Gasteiger partial charge on any atom is 0.224 e. The summed E-state index contributed by atoms with van der Waals surface area (Å²) in [7, 11) is 1.66. The minimum Gasteiger partial charge on any atom is -0.497 e. The highest BCUT2D eigenvalue weighted by Gasteiger charge is 2.19. The zero-order valence-corrected chi connectivity index (χ0v) is 15.1. The van der Waals surface area contributed by atoms with Gasteiger partial charge in [-0.3, -0.25) is 9.69 Å². The number of hydrogen-bond donors (Lipinski definition) is 1. The summed E-state index contributed by atoms with van der Waals surface area (Å²) in [6.07, 6.45) is 5.07. The van der Waals surface area contributed by atoms with Crippen molar-refractivity contribution in [3.63, 3.8) is 0 Å². The Kier molecular flexibility index (Phi) is 7.35. The van der Waals surface area contributed by atoms with Gasteiger partial charge in [-0.05, 0) is 36.3 Å². The van der Waals surface area contributed by atoms with E-state index in [1.807, 2.05) is 18.2 Å². The lowest BCUT2D eigenvalue weighted by atomic mass is 10.0. The largest absolute Gasteiger partial charge is 0.497 e. The number of benzene rings is 1. The van der Waals surface area contributed by atoms with Crippen molar-refractivity contribution in [3.8, 4) is 5.75 Å². The average Bonchev–Trinajstić information content (AvgIpc) is 2.66. The molecule has 0 saturated carbocycles. The smallest absolute Gasteiger partial charge is 0.224 e. The van der Waals surface area contributed by atoms with E-state index in [1.54, 1.807) is 19.5 Å². The second kappa shape index (κ2) is 9.74. The van der Waals surface area contributed by atoms with E-state index in [2.05, 4.69) is 40.1 Å². The highest BCUT2D eigenvalue weighted by atomic mass is 16.5. The standard InChI is InChI=1S/C19H26N4O2/c1-4-23(5-2)18(16-7-6-8-17(10-16)25-3)13-22-19(24)9-15-11-20-14-21-12-15/h6-8,10-12,14,18H,4-5,9,13H2,1-3H3,(H,22,24)/t18-/m1/s1. The number of hydrogen-bond acceptors (Lipinski definition) is 5. The van der Waals surface area contributed by atoms with E-state index in [4.69, 9.17) is 4.74 Å².